The molecule has 0 N–H and O–H groups in total. The molecule has 35 heavy (non-hydrogen) atoms. The van der Waals surface area contributed by atoms with Gasteiger partial charge in [-0.2, -0.15) is 0 Å². The zero-order valence-corrected chi connectivity index (χ0v) is 21.6. The van der Waals surface area contributed by atoms with E-state index in [-0.39, 0.29) is 12.0 Å². The lowest BCUT2D eigenvalue weighted by molar-refractivity contribution is 0.0376. The van der Waals surface area contributed by atoms with Gasteiger partial charge in [0, 0.05) is 31.7 Å². The van der Waals surface area contributed by atoms with Crippen LogP contribution in [-0.2, 0) is 4.74 Å². The summed E-state index contributed by atoms with van der Waals surface area (Å²) >= 11 is 1.44. The van der Waals surface area contributed by atoms with Crippen molar-refractivity contribution in [2.45, 2.75) is 26.4 Å². The van der Waals surface area contributed by atoms with Crippen molar-refractivity contribution in [3.05, 3.63) is 42.0 Å². The summed E-state index contributed by atoms with van der Waals surface area (Å²) in [6, 6.07) is 11.0. The first kappa shape index (κ1) is 25.2. The van der Waals surface area contributed by atoms with Crippen LogP contribution >= 0.6 is 11.3 Å². The number of morpholine rings is 1. The van der Waals surface area contributed by atoms with Gasteiger partial charge in [-0.1, -0.05) is 11.3 Å². The van der Waals surface area contributed by atoms with Gasteiger partial charge in [-0.15, -0.1) is 0 Å². The van der Waals surface area contributed by atoms with Gasteiger partial charge in [0.1, 0.15) is 27.5 Å². The van der Waals surface area contributed by atoms with Crippen molar-refractivity contribution in [1.29, 1.82) is 0 Å². The molecule has 8 nitrogen and oxygen atoms in total. The fraction of sp³-hybridized carbons (Fsp3) is 0.462. The summed E-state index contributed by atoms with van der Waals surface area (Å²) in [5.41, 5.74) is 1.28. The second-order valence-corrected chi connectivity index (χ2v) is 9.58. The number of amides is 1. The van der Waals surface area contributed by atoms with Gasteiger partial charge in [0.2, 0.25) is 0 Å². The average Bonchev–Trinajstić information content (AvgIpc) is 3.31. The van der Waals surface area contributed by atoms with E-state index >= 15 is 0 Å². The van der Waals surface area contributed by atoms with E-state index in [0.717, 1.165) is 49.7 Å². The summed E-state index contributed by atoms with van der Waals surface area (Å²) in [4.78, 5) is 22.7. The molecule has 3 aromatic rings. The third-order valence-electron chi connectivity index (χ3n) is 5.81. The Labute approximate surface area is 210 Å². The van der Waals surface area contributed by atoms with E-state index in [1.165, 1.54) is 11.3 Å². The smallest absolute Gasteiger partial charge is 0.260 e. The van der Waals surface area contributed by atoms with E-state index in [2.05, 4.69) is 4.90 Å². The van der Waals surface area contributed by atoms with Gasteiger partial charge in [-0.3, -0.25) is 14.6 Å². The Hall–Kier alpha value is -2.88. The van der Waals surface area contributed by atoms with Crippen LogP contribution in [0.2, 0.25) is 0 Å². The Morgan fingerprint density at radius 1 is 1.09 bits per heavy atom. The van der Waals surface area contributed by atoms with Crippen molar-refractivity contribution in [3.63, 3.8) is 0 Å². The topological polar surface area (TPSA) is 73.4 Å². The standard InChI is InChI=1S/C26H33N3O5S/c1-18(2)34-20-8-6-19(7-9-20)25(30)29(13-5-12-28-14-16-33-17-15-28)26-27-23-21(31-3)10-11-22(32-4)24(23)35-26/h6-11,18H,5,12-17H2,1-4H3. The van der Waals surface area contributed by atoms with Crippen LogP contribution in [0, 0.1) is 0 Å². The lowest BCUT2D eigenvalue weighted by Gasteiger charge is -2.27. The van der Waals surface area contributed by atoms with Crippen LogP contribution in [0.3, 0.4) is 0 Å². The largest absolute Gasteiger partial charge is 0.495 e. The Morgan fingerprint density at radius 2 is 1.77 bits per heavy atom. The van der Waals surface area contributed by atoms with Crippen molar-refractivity contribution in [2.24, 2.45) is 0 Å². The first-order chi connectivity index (χ1) is 17.0. The summed E-state index contributed by atoms with van der Waals surface area (Å²) in [7, 11) is 3.25. The summed E-state index contributed by atoms with van der Waals surface area (Å²) in [6.45, 7) is 8.74. The molecule has 1 aliphatic heterocycles. The molecule has 0 saturated carbocycles. The van der Waals surface area contributed by atoms with E-state index in [9.17, 15) is 4.79 Å². The molecule has 1 aliphatic rings. The number of aromatic nitrogens is 1. The molecule has 0 atom stereocenters. The molecule has 0 radical (unpaired) electrons. The van der Waals surface area contributed by atoms with Gasteiger partial charge < -0.3 is 18.9 Å². The first-order valence-electron chi connectivity index (χ1n) is 11.9. The Kier molecular flexibility index (Phi) is 8.43. The van der Waals surface area contributed by atoms with Crippen LogP contribution in [0.1, 0.15) is 30.6 Å². The van der Waals surface area contributed by atoms with Crippen LogP contribution in [0.15, 0.2) is 36.4 Å². The molecule has 0 aliphatic carbocycles. The van der Waals surface area contributed by atoms with E-state index in [4.69, 9.17) is 23.9 Å². The minimum atomic E-state index is -0.0972. The summed E-state index contributed by atoms with van der Waals surface area (Å²) in [5, 5.41) is 0.622. The lowest BCUT2D eigenvalue weighted by atomic mass is 10.2. The van der Waals surface area contributed by atoms with Crippen LogP contribution in [0.5, 0.6) is 17.2 Å². The number of carbonyl (C=O) groups excluding carboxylic acids is 1. The van der Waals surface area contributed by atoms with Crippen molar-refractivity contribution < 1.29 is 23.7 Å². The molecule has 1 amide bonds. The highest BCUT2D eigenvalue weighted by Crippen LogP contribution is 2.40. The second-order valence-electron chi connectivity index (χ2n) is 8.60. The maximum absolute atomic E-state index is 13.7. The summed E-state index contributed by atoms with van der Waals surface area (Å²) < 4.78 is 23.1. The van der Waals surface area contributed by atoms with Crippen molar-refractivity contribution in [2.75, 3.05) is 58.5 Å². The number of carbonyl (C=O) groups is 1. The number of hydrogen-bond donors (Lipinski definition) is 0. The molecule has 0 spiro atoms. The van der Waals surface area contributed by atoms with E-state index < -0.39 is 0 Å². The van der Waals surface area contributed by atoms with E-state index in [1.807, 2.05) is 50.2 Å². The molecule has 0 bridgehead atoms. The highest BCUT2D eigenvalue weighted by molar-refractivity contribution is 7.22. The van der Waals surface area contributed by atoms with Gasteiger partial charge in [0.25, 0.3) is 5.91 Å². The quantitative estimate of drug-likeness (QED) is 0.408. The number of hydrogen-bond acceptors (Lipinski definition) is 8. The second kappa shape index (κ2) is 11.7. The number of anilines is 1. The molecule has 188 valence electrons. The SMILES string of the molecule is COc1ccc(OC)c2sc(N(CCCN3CCOCC3)C(=O)c3ccc(OC(C)C)cc3)nc12. The van der Waals surface area contributed by atoms with Crippen LogP contribution in [0.25, 0.3) is 10.2 Å². The number of ether oxygens (including phenoxy) is 4. The predicted molar refractivity (Wildman–Crippen MR) is 138 cm³/mol. The first-order valence-corrected chi connectivity index (χ1v) is 12.7. The average molecular weight is 500 g/mol. The summed E-state index contributed by atoms with van der Waals surface area (Å²) in [5.74, 6) is 2.00. The Morgan fingerprint density at radius 3 is 2.43 bits per heavy atom. The fourth-order valence-corrected chi connectivity index (χ4v) is 5.15. The van der Waals surface area contributed by atoms with Crippen molar-refractivity contribution in [3.8, 4) is 17.2 Å². The number of rotatable bonds is 10. The highest BCUT2D eigenvalue weighted by atomic mass is 32.1. The van der Waals surface area contributed by atoms with Gasteiger partial charge in [-0.25, -0.2) is 4.98 Å². The predicted octanol–water partition coefficient (Wildman–Crippen LogP) is 4.47. The monoisotopic (exact) mass is 499 g/mol. The summed E-state index contributed by atoms with van der Waals surface area (Å²) in [6.07, 6.45) is 0.894. The van der Waals surface area contributed by atoms with E-state index in [1.54, 1.807) is 19.1 Å². The van der Waals surface area contributed by atoms with Gasteiger partial charge in [-0.05, 0) is 56.7 Å². The lowest BCUT2D eigenvalue weighted by Crippen LogP contribution is -2.39. The third-order valence-corrected chi connectivity index (χ3v) is 6.90. The van der Waals surface area contributed by atoms with Crippen LogP contribution in [-0.4, -0.2) is 75.5 Å². The molecule has 2 aromatic carbocycles. The molecule has 1 aromatic heterocycles. The molecule has 4 rings (SSSR count). The maximum Gasteiger partial charge on any atom is 0.260 e. The molecular weight excluding hydrogens is 466 g/mol. The third kappa shape index (κ3) is 6.04. The maximum atomic E-state index is 13.7. The van der Waals surface area contributed by atoms with Gasteiger partial charge in [0.05, 0.1) is 33.5 Å². The number of thiazole rings is 1. The minimum absolute atomic E-state index is 0.0703. The zero-order valence-electron chi connectivity index (χ0n) is 20.8. The molecule has 1 fully saturated rings. The van der Waals surface area contributed by atoms with Gasteiger partial charge in [0.15, 0.2) is 5.13 Å². The van der Waals surface area contributed by atoms with E-state index in [0.29, 0.717) is 34.3 Å². The number of nitrogens with zero attached hydrogens (tertiary/aromatic N) is 3. The normalized spacial score (nSPS) is 14.3. The molecule has 2 heterocycles. The van der Waals surface area contributed by atoms with Crippen molar-refractivity contribution >= 4 is 32.6 Å². The van der Waals surface area contributed by atoms with Gasteiger partial charge >= 0.3 is 0 Å². The number of fused-ring (bicyclic) bond motifs is 1. The van der Waals surface area contributed by atoms with Crippen LogP contribution < -0.4 is 19.1 Å². The highest BCUT2D eigenvalue weighted by Gasteiger charge is 2.24. The minimum Gasteiger partial charge on any atom is -0.495 e. The number of benzene rings is 2. The Balaban J connectivity index is 1.62. The molecule has 9 heteroatoms. The Bertz CT molecular complexity index is 1080. The van der Waals surface area contributed by atoms with Crippen molar-refractivity contribution in [1.82, 2.24) is 9.88 Å². The molecule has 0 unspecified atom stereocenters. The zero-order chi connectivity index (χ0) is 24.8. The molecule has 1 saturated heterocycles. The number of methoxy groups -OCH3 is 2. The molecular formula is C26H33N3O5S. The fourth-order valence-electron chi connectivity index (χ4n) is 4.06. The van der Waals surface area contributed by atoms with Crippen LogP contribution in [0.4, 0.5) is 5.13 Å².